The van der Waals surface area contributed by atoms with E-state index in [0.29, 0.717) is 5.91 Å². The van der Waals surface area contributed by atoms with Gasteiger partial charge in [-0.15, -0.1) is 0 Å². The first kappa shape index (κ1) is 16.1. The Kier molecular flexibility index (Phi) is 4.63. The zero-order valence-electron chi connectivity index (χ0n) is 14.4. The number of likely N-dealkylation sites (tertiary alicyclic amines) is 1. The quantitative estimate of drug-likeness (QED) is 0.845. The summed E-state index contributed by atoms with van der Waals surface area (Å²) in [6.07, 6.45) is 12.9. The highest BCUT2D eigenvalue weighted by Gasteiger charge is 2.35. The zero-order valence-corrected chi connectivity index (χ0v) is 14.4. The summed E-state index contributed by atoms with van der Waals surface area (Å²) in [5.74, 6) is 1.37. The number of piperidine rings is 1. The van der Waals surface area contributed by atoms with Crippen LogP contribution in [0.5, 0.6) is 0 Å². The monoisotopic (exact) mass is 340 g/mol. The third-order valence-electron chi connectivity index (χ3n) is 5.33. The van der Waals surface area contributed by atoms with Crippen molar-refractivity contribution in [1.29, 1.82) is 0 Å². The van der Waals surface area contributed by atoms with Crippen molar-refractivity contribution in [2.24, 2.45) is 5.92 Å². The van der Waals surface area contributed by atoms with Gasteiger partial charge in [-0.1, -0.05) is 0 Å². The lowest BCUT2D eigenvalue weighted by atomic mass is 9.95. The van der Waals surface area contributed by atoms with Gasteiger partial charge >= 0.3 is 0 Å². The molecule has 2 fully saturated rings. The molecule has 0 N–H and O–H groups in total. The fourth-order valence-corrected chi connectivity index (χ4v) is 3.98. The van der Waals surface area contributed by atoms with Crippen LogP contribution in [0.25, 0.3) is 0 Å². The van der Waals surface area contributed by atoms with Gasteiger partial charge in [0.25, 0.3) is 0 Å². The summed E-state index contributed by atoms with van der Waals surface area (Å²) in [4.78, 5) is 25.9. The largest absolute Gasteiger partial charge is 0.355 e. The van der Waals surface area contributed by atoms with Crippen molar-refractivity contribution in [3.05, 3.63) is 37.1 Å². The minimum Gasteiger partial charge on any atom is -0.355 e. The minimum atomic E-state index is 0.131. The van der Waals surface area contributed by atoms with E-state index in [-0.39, 0.29) is 12.0 Å². The van der Waals surface area contributed by atoms with Crippen molar-refractivity contribution < 1.29 is 4.79 Å². The summed E-state index contributed by atoms with van der Waals surface area (Å²) in [6, 6.07) is 2.22. The van der Waals surface area contributed by atoms with Crippen LogP contribution in [0.4, 0.5) is 5.82 Å². The van der Waals surface area contributed by atoms with Crippen LogP contribution < -0.4 is 4.90 Å². The molecular weight excluding hydrogens is 316 g/mol. The first-order chi connectivity index (χ1) is 12.3. The number of carbonyl (C=O) groups is 1. The molecule has 7 heteroatoms. The normalized spacial score (nSPS) is 21.7. The number of nitrogens with zero attached hydrogens (tertiary/aromatic N) is 6. The first-order valence-corrected chi connectivity index (χ1v) is 9.10. The number of hydrogen-bond acceptors (Lipinski definition) is 5. The molecular formula is C18H24N6O. The molecule has 4 rings (SSSR count). The SMILES string of the molecule is O=C(C1CCN(c2cnccn2)CC1)N1CCCC1Cn1cccn1. The smallest absolute Gasteiger partial charge is 0.226 e. The van der Waals surface area contributed by atoms with Gasteiger partial charge in [-0.2, -0.15) is 5.10 Å². The zero-order chi connectivity index (χ0) is 17.1. The van der Waals surface area contributed by atoms with Crippen LogP contribution in [0.1, 0.15) is 25.7 Å². The molecule has 25 heavy (non-hydrogen) atoms. The van der Waals surface area contributed by atoms with Gasteiger partial charge in [0.05, 0.1) is 18.8 Å². The van der Waals surface area contributed by atoms with Crippen molar-refractivity contribution in [2.75, 3.05) is 24.5 Å². The number of hydrogen-bond donors (Lipinski definition) is 0. The Balaban J connectivity index is 1.35. The topological polar surface area (TPSA) is 67.2 Å². The molecule has 2 aliphatic rings. The highest BCUT2D eigenvalue weighted by atomic mass is 16.2. The molecule has 0 radical (unpaired) electrons. The number of aromatic nitrogens is 4. The second-order valence-electron chi connectivity index (χ2n) is 6.88. The molecule has 0 bridgehead atoms. The molecule has 7 nitrogen and oxygen atoms in total. The van der Waals surface area contributed by atoms with Gasteiger partial charge in [0.1, 0.15) is 5.82 Å². The van der Waals surface area contributed by atoms with E-state index in [1.165, 1.54) is 0 Å². The standard InChI is InChI=1S/C18H24N6O/c25-18(24-10-1-3-16(24)14-23-9-2-6-21-23)15-4-11-22(12-5-15)17-13-19-7-8-20-17/h2,6-9,13,15-16H,1,3-5,10-12,14H2. The van der Waals surface area contributed by atoms with Crippen LogP contribution in [-0.2, 0) is 11.3 Å². The number of anilines is 1. The van der Waals surface area contributed by atoms with Gasteiger partial charge in [-0.3, -0.25) is 14.5 Å². The van der Waals surface area contributed by atoms with Gasteiger partial charge in [0.2, 0.25) is 5.91 Å². The molecule has 2 aromatic rings. The fraction of sp³-hybridized carbons (Fsp3) is 0.556. The van der Waals surface area contributed by atoms with Gasteiger partial charge in [0, 0.05) is 50.3 Å². The van der Waals surface area contributed by atoms with Crippen LogP contribution in [0.2, 0.25) is 0 Å². The van der Waals surface area contributed by atoms with Gasteiger partial charge in [0.15, 0.2) is 0 Å². The molecule has 1 unspecified atom stereocenters. The van der Waals surface area contributed by atoms with E-state index in [0.717, 1.165) is 57.7 Å². The third kappa shape index (κ3) is 3.50. The summed E-state index contributed by atoms with van der Waals surface area (Å²) >= 11 is 0. The predicted octanol–water partition coefficient (Wildman–Crippen LogP) is 1.58. The second-order valence-corrected chi connectivity index (χ2v) is 6.88. The Morgan fingerprint density at radius 1 is 1.12 bits per heavy atom. The lowest BCUT2D eigenvalue weighted by Gasteiger charge is -2.35. The van der Waals surface area contributed by atoms with Gasteiger partial charge in [-0.25, -0.2) is 4.98 Å². The number of carbonyl (C=O) groups excluding carboxylic acids is 1. The average molecular weight is 340 g/mol. The molecule has 0 spiro atoms. The Labute approximate surface area is 147 Å². The van der Waals surface area contributed by atoms with Crippen LogP contribution in [-0.4, -0.2) is 56.2 Å². The van der Waals surface area contributed by atoms with E-state index in [4.69, 9.17) is 0 Å². The lowest BCUT2D eigenvalue weighted by Crippen LogP contribution is -2.45. The summed E-state index contributed by atoms with van der Waals surface area (Å²) < 4.78 is 1.94. The van der Waals surface area contributed by atoms with Crippen LogP contribution in [0.15, 0.2) is 37.1 Å². The number of amides is 1. The fourth-order valence-electron chi connectivity index (χ4n) is 3.98. The van der Waals surface area contributed by atoms with Crippen LogP contribution >= 0.6 is 0 Å². The van der Waals surface area contributed by atoms with Crippen molar-refractivity contribution >= 4 is 11.7 Å². The Bertz CT molecular complexity index is 681. The van der Waals surface area contributed by atoms with E-state index >= 15 is 0 Å². The van der Waals surface area contributed by atoms with Gasteiger partial charge < -0.3 is 9.80 Å². The van der Waals surface area contributed by atoms with Crippen molar-refractivity contribution in [2.45, 2.75) is 38.3 Å². The highest BCUT2D eigenvalue weighted by molar-refractivity contribution is 5.79. The van der Waals surface area contributed by atoms with E-state index in [1.54, 1.807) is 24.8 Å². The molecule has 0 saturated carbocycles. The molecule has 2 aliphatic heterocycles. The maximum Gasteiger partial charge on any atom is 0.226 e. The minimum absolute atomic E-state index is 0.131. The summed E-state index contributed by atoms with van der Waals surface area (Å²) in [5, 5.41) is 4.29. The van der Waals surface area contributed by atoms with Crippen molar-refractivity contribution in [3.63, 3.8) is 0 Å². The van der Waals surface area contributed by atoms with E-state index < -0.39 is 0 Å². The van der Waals surface area contributed by atoms with Crippen LogP contribution in [0, 0.1) is 5.92 Å². The maximum atomic E-state index is 13.0. The summed E-state index contributed by atoms with van der Waals surface area (Å²) in [7, 11) is 0. The Morgan fingerprint density at radius 2 is 2.00 bits per heavy atom. The molecule has 132 valence electrons. The highest BCUT2D eigenvalue weighted by Crippen LogP contribution is 2.27. The van der Waals surface area contributed by atoms with Crippen LogP contribution in [0.3, 0.4) is 0 Å². The molecule has 2 saturated heterocycles. The first-order valence-electron chi connectivity index (χ1n) is 9.10. The van der Waals surface area contributed by atoms with Gasteiger partial charge in [-0.05, 0) is 31.7 Å². The van der Waals surface area contributed by atoms with E-state index in [1.807, 2.05) is 16.9 Å². The van der Waals surface area contributed by atoms with Crippen molar-refractivity contribution in [1.82, 2.24) is 24.6 Å². The number of rotatable bonds is 4. The molecule has 1 atom stereocenters. The summed E-state index contributed by atoms with van der Waals surface area (Å²) in [6.45, 7) is 3.42. The Hall–Kier alpha value is -2.44. The molecule has 1 amide bonds. The Morgan fingerprint density at radius 3 is 2.72 bits per heavy atom. The van der Waals surface area contributed by atoms with E-state index in [2.05, 4.69) is 24.9 Å². The van der Waals surface area contributed by atoms with Crippen molar-refractivity contribution in [3.8, 4) is 0 Å². The molecule has 2 aromatic heterocycles. The van der Waals surface area contributed by atoms with E-state index in [9.17, 15) is 4.79 Å². The molecule has 0 aliphatic carbocycles. The molecule has 4 heterocycles. The molecule has 0 aromatic carbocycles. The average Bonchev–Trinajstić information content (AvgIpc) is 3.34. The third-order valence-corrected chi connectivity index (χ3v) is 5.33. The summed E-state index contributed by atoms with van der Waals surface area (Å²) in [5.41, 5.74) is 0. The predicted molar refractivity (Wildman–Crippen MR) is 93.9 cm³/mol. The lowest BCUT2D eigenvalue weighted by molar-refractivity contribution is -0.137. The second kappa shape index (κ2) is 7.21. The maximum absolute atomic E-state index is 13.0.